The average Bonchev–Trinajstić information content (AvgIpc) is 2.20. The maximum Gasteiger partial charge on any atom is 0.134 e. The van der Waals surface area contributed by atoms with Crippen molar-refractivity contribution >= 4 is 28.3 Å². The average molecular weight is 298 g/mol. The van der Waals surface area contributed by atoms with Gasteiger partial charge < -0.3 is 21.3 Å². The summed E-state index contributed by atoms with van der Waals surface area (Å²) in [5.74, 6) is 0.748. The molecule has 1 aromatic rings. The Morgan fingerprint density at radius 1 is 1.53 bits per heavy atom. The molecular weight excluding hydrogens is 283 g/mol. The van der Waals surface area contributed by atoms with Gasteiger partial charge in [0.1, 0.15) is 11.5 Å². The van der Waals surface area contributed by atoms with E-state index in [9.17, 15) is 5.11 Å². The van der Waals surface area contributed by atoms with E-state index in [1.807, 2.05) is 0 Å². The number of hydrogen-bond donors (Lipinski definition) is 3. The Morgan fingerprint density at radius 3 is 2.60 bits per heavy atom. The Kier molecular flexibility index (Phi) is 5.97. The van der Waals surface area contributed by atoms with Crippen molar-refractivity contribution in [2.45, 2.75) is 6.04 Å². The lowest BCUT2D eigenvalue weighted by molar-refractivity contribution is 0.408. The second-order valence-electron chi connectivity index (χ2n) is 2.89. The molecule has 0 saturated heterocycles. The third-order valence-corrected chi connectivity index (χ3v) is 2.56. The van der Waals surface area contributed by atoms with E-state index in [-0.39, 0.29) is 30.7 Å². The first-order valence-corrected chi connectivity index (χ1v) is 4.91. The highest BCUT2D eigenvalue weighted by molar-refractivity contribution is 9.10. The van der Waals surface area contributed by atoms with Crippen LogP contribution in [0.15, 0.2) is 16.6 Å². The first-order chi connectivity index (χ1) is 6.60. The van der Waals surface area contributed by atoms with E-state index < -0.39 is 0 Å². The van der Waals surface area contributed by atoms with Crippen molar-refractivity contribution in [2.24, 2.45) is 11.5 Å². The summed E-state index contributed by atoms with van der Waals surface area (Å²) in [5.41, 5.74) is 11.7. The van der Waals surface area contributed by atoms with Crippen LogP contribution in [0.4, 0.5) is 0 Å². The van der Waals surface area contributed by atoms with Crippen LogP contribution in [0.25, 0.3) is 0 Å². The molecule has 0 aliphatic rings. The van der Waals surface area contributed by atoms with E-state index in [0.29, 0.717) is 15.8 Å². The number of hydrogen-bond acceptors (Lipinski definition) is 4. The van der Waals surface area contributed by atoms with E-state index in [1.54, 1.807) is 19.2 Å². The topological polar surface area (TPSA) is 81.5 Å². The quantitative estimate of drug-likeness (QED) is 0.790. The molecule has 0 saturated carbocycles. The SMILES string of the molecule is COc1cc(Br)c(O)c([C@@H](N)CN)c1.Cl. The Balaban J connectivity index is 0.00000196. The van der Waals surface area contributed by atoms with Crippen LogP contribution in [0.3, 0.4) is 0 Å². The van der Waals surface area contributed by atoms with Gasteiger partial charge in [-0.1, -0.05) is 0 Å². The highest BCUT2D eigenvalue weighted by Gasteiger charge is 2.13. The minimum atomic E-state index is -0.388. The molecule has 4 nitrogen and oxygen atoms in total. The minimum absolute atomic E-state index is 0. The largest absolute Gasteiger partial charge is 0.506 e. The molecule has 0 bridgehead atoms. The van der Waals surface area contributed by atoms with E-state index in [1.165, 1.54) is 0 Å². The van der Waals surface area contributed by atoms with Crippen molar-refractivity contribution in [3.63, 3.8) is 0 Å². The number of methoxy groups -OCH3 is 1. The van der Waals surface area contributed by atoms with E-state index in [4.69, 9.17) is 16.2 Å². The van der Waals surface area contributed by atoms with Crippen LogP contribution in [-0.2, 0) is 0 Å². The summed E-state index contributed by atoms with van der Waals surface area (Å²) in [7, 11) is 1.55. The van der Waals surface area contributed by atoms with E-state index >= 15 is 0 Å². The van der Waals surface area contributed by atoms with Gasteiger partial charge in [0.05, 0.1) is 11.6 Å². The van der Waals surface area contributed by atoms with Gasteiger partial charge in [-0.2, -0.15) is 0 Å². The molecule has 0 spiro atoms. The fraction of sp³-hybridized carbons (Fsp3) is 0.333. The lowest BCUT2D eigenvalue weighted by Crippen LogP contribution is -2.20. The second kappa shape index (κ2) is 6.17. The minimum Gasteiger partial charge on any atom is -0.506 e. The zero-order chi connectivity index (χ0) is 10.7. The highest BCUT2D eigenvalue weighted by Crippen LogP contribution is 2.34. The number of phenolic OH excluding ortho intramolecular Hbond substituents is 1. The van der Waals surface area contributed by atoms with Crippen LogP contribution >= 0.6 is 28.3 Å². The molecule has 0 heterocycles. The molecule has 6 heteroatoms. The number of halogens is 2. The molecule has 86 valence electrons. The van der Waals surface area contributed by atoms with Gasteiger partial charge in [-0.15, -0.1) is 12.4 Å². The van der Waals surface area contributed by atoms with Crippen molar-refractivity contribution in [3.8, 4) is 11.5 Å². The van der Waals surface area contributed by atoms with Crippen LogP contribution in [0.1, 0.15) is 11.6 Å². The van der Waals surface area contributed by atoms with Crippen LogP contribution in [-0.4, -0.2) is 18.8 Å². The Hall–Kier alpha value is -0.490. The second-order valence-corrected chi connectivity index (χ2v) is 3.74. The van der Waals surface area contributed by atoms with Crippen LogP contribution in [0, 0.1) is 0 Å². The molecule has 1 atom stereocenters. The summed E-state index contributed by atoms with van der Waals surface area (Å²) in [4.78, 5) is 0. The first-order valence-electron chi connectivity index (χ1n) is 4.12. The molecular formula is C9H14BrClN2O2. The van der Waals surface area contributed by atoms with Gasteiger partial charge in [-0.05, 0) is 28.1 Å². The van der Waals surface area contributed by atoms with Crippen molar-refractivity contribution in [2.75, 3.05) is 13.7 Å². The molecule has 0 aromatic heterocycles. The number of rotatable bonds is 3. The molecule has 0 aliphatic heterocycles. The van der Waals surface area contributed by atoms with Crippen molar-refractivity contribution in [1.29, 1.82) is 0 Å². The van der Waals surface area contributed by atoms with E-state index in [2.05, 4.69) is 15.9 Å². The third-order valence-electron chi connectivity index (χ3n) is 1.96. The van der Waals surface area contributed by atoms with Gasteiger partial charge in [0, 0.05) is 18.2 Å². The number of ether oxygens (including phenoxy) is 1. The summed E-state index contributed by atoms with van der Waals surface area (Å²) >= 11 is 3.21. The molecule has 1 rings (SSSR count). The van der Waals surface area contributed by atoms with Crippen LogP contribution in [0.5, 0.6) is 11.5 Å². The number of phenols is 1. The van der Waals surface area contributed by atoms with Crippen LogP contribution in [0.2, 0.25) is 0 Å². The fourth-order valence-electron chi connectivity index (χ4n) is 1.12. The smallest absolute Gasteiger partial charge is 0.134 e. The summed E-state index contributed by atoms with van der Waals surface area (Å²) in [5, 5.41) is 9.68. The van der Waals surface area contributed by atoms with Gasteiger partial charge >= 0.3 is 0 Å². The molecule has 1 aromatic carbocycles. The van der Waals surface area contributed by atoms with E-state index in [0.717, 1.165) is 0 Å². The highest BCUT2D eigenvalue weighted by atomic mass is 79.9. The predicted octanol–water partition coefficient (Wildman–Crippen LogP) is 1.54. The van der Waals surface area contributed by atoms with Gasteiger partial charge in [0.25, 0.3) is 0 Å². The standard InChI is InChI=1S/C9H13BrN2O2.ClH/c1-14-5-2-6(8(12)4-11)9(13)7(10)3-5;/h2-3,8,13H,4,11-12H2,1H3;1H/t8-;/m0./s1. The monoisotopic (exact) mass is 296 g/mol. The molecule has 0 unspecified atom stereocenters. The molecule has 0 aliphatic carbocycles. The Bertz CT molecular complexity index is 336. The lowest BCUT2D eigenvalue weighted by atomic mass is 10.1. The zero-order valence-corrected chi connectivity index (χ0v) is 10.6. The number of aromatic hydroxyl groups is 1. The summed E-state index contributed by atoms with van der Waals surface area (Å²) in [6, 6.07) is 2.96. The van der Waals surface area contributed by atoms with Crippen molar-refractivity contribution in [3.05, 3.63) is 22.2 Å². The normalized spacial score (nSPS) is 11.7. The summed E-state index contributed by atoms with van der Waals surface area (Å²) in [6.07, 6.45) is 0. The zero-order valence-electron chi connectivity index (χ0n) is 8.24. The maximum absolute atomic E-state index is 9.68. The van der Waals surface area contributed by atoms with Gasteiger partial charge in [0.15, 0.2) is 0 Å². The van der Waals surface area contributed by atoms with Crippen molar-refractivity contribution < 1.29 is 9.84 Å². The van der Waals surface area contributed by atoms with Gasteiger partial charge in [-0.25, -0.2) is 0 Å². The molecule has 0 radical (unpaired) electrons. The van der Waals surface area contributed by atoms with Crippen LogP contribution < -0.4 is 16.2 Å². The van der Waals surface area contributed by atoms with Gasteiger partial charge in [0.2, 0.25) is 0 Å². The predicted molar refractivity (Wildman–Crippen MR) is 65.6 cm³/mol. The summed E-state index contributed by atoms with van der Waals surface area (Å²) < 4.78 is 5.60. The molecule has 5 N–H and O–H groups in total. The molecule has 15 heavy (non-hydrogen) atoms. The fourth-order valence-corrected chi connectivity index (χ4v) is 1.58. The van der Waals surface area contributed by atoms with Gasteiger partial charge in [-0.3, -0.25) is 0 Å². The Morgan fingerprint density at radius 2 is 2.13 bits per heavy atom. The lowest BCUT2D eigenvalue weighted by Gasteiger charge is -2.13. The number of benzene rings is 1. The third kappa shape index (κ3) is 3.24. The molecule has 0 amide bonds. The maximum atomic E-state index is 9.68. The van der Waals surface area contributed by atoms with Crippen molar-refractivity contribution in [1.82, 2.24) is 0 Å². The summed E-state index contributed by atoms with van der Waals surface area (Å²) in [6.45, 7) is 0.271. The first kappa shape index (κ1) is 14.5. The Labute approximate surface area is 103 Å². The number of nitrogens with two attached hydrogens (primary N) is 2. The molecule has 0 fully saturated rings.